The van der Waals surface area contributed by atoms with Gasteiger partial charge in [0.2, 0.25) is 0 Å². The van der Waals surface area contributed by atoms with E-state index in [4.69, 9.17) is 0 Å². The number of piperidine rings is 1. The van der Waals surface area contributed by atoms with Gasteiger partial charge in [0.15, 0.2) is 0 Å². The monoisotopic (exact) mass is 303 g/mol. The SMILES string of the molecule is CC(C)[C@@H]1CN(S(=O)(=O)N2CCCCC2)C[C@H]1N(C)C. The molecular weight excluding hydrogens is 274 g/mol. The van der Waals surface area contributed by atoms with Crippen LogP contribution >= 0.6 is 0 Å². The third-order valence-electron chi connectivity index (χ3n) is 4.79. The molecular formula is C14H29N3O2S. The van der Waals surface area contributed by atoms with E-state index in [-0.39, 0.29) is 0 Å². The van der Waals surface area contributed by atoms with E-state index in [1.807, 2.05) is 0 Å². The Labute approximate surface area is 124 Å². The van der Waals surface area contributed by atoms with Crippen molar-refractivity contribution >= 4 is 10.2 Å². The first-order chi connectivity index (χ1) is 9.34. The molecule has 0 aromatic carbocycles. The minimum absolute atomic E-state index is 0.328. The molecule has 2 saturated heterocycles. The van der Waals surface area contributed by atoms with Crippen LogP contribution in [0, 0.1) is 11.8 Å². The van der Waals surface area contributed by atoms with Crippen molar-refractivity contribution in [2.45, 2.75) is 39.2 Å². The minimum Gasteiger partial charge on any atom is -0.305 e. The molecule has 6 heteroatoms. The first-order valence-corrected chi connectivity index (χ1v) is 9.15. The molecule has 2 atom stereocenters. The molecule has 0 saturated carbocycles. The lowest BCUT2D eigenvalue weighted by molar-refractivity contribution is 0.216. The van der Waals surface area contributed by atoms with Crippen molar-refractivity contribution in [3.05, 3.63) is 0 Å². The second-order valence-electron chi connectivity index (χ2n) is 6.72. The van der Waals surface area contributed by atoms with Crippen LogP contribution in [-0.4, -0.2) is 68.2 Å². The van der Waals surface area contributed by atoms with Gasteiger partial charge in [0.05, 0.1) is 0 Å². The molecule has 0 spiro atoms. The van der Waals surface area contributed by atoms with Crippen LogP contribution in [0.3, 0.4) is 0 Å². The summed E-state index contributed by atoms with van der Waals surface area (Å²) in [5, 5.41) is 0. The summed E-state index contributed by atoms with van der Waals surface area (Å²) in [6, 6.07) is 0.328. The van der Waals surface area contributed by atoms with Crippen molar-refractivity contribution in [3.8, 4) is 0 Å². The average molecular weight is 303 g/mol. The van der Waals surface area contributed by atoms with E-state index in [9.17, 15) is 8.42 Å². The van der Waals surface area contributed by atoms with Gasteiger partial charge in [-0.2, -0.15) is 17.0 Å². The van der Waals surface area contributed by atoms with E-state index < -0.39 is 10.2 Å². The van der Waals surface area contributed by atoms with Crippen LogP contribution in [0.5, 0.6) is 0 Å². The number of hydrogen-bond donors (Lipinski definition) is 0. The van der Waals surface area contributed by atoms with Gasteiger partial charge in [-0.3, -0.25) is 0 Å². The van der Waals surface area contributed by atoms with E-state index >= 15 is 0 Å². The fourth-order valence-corrected chi connectivity index (χ4v) is 5.17. The molecule has 118 valence electrons. The maximum Gasteiger partial charge on any atom is 0.282 e. The predicted octanol–water partition coefficient (Wildman–Crippen LogP) is 1.24. The van der Waals surface area contributed by atoms with Gasteiger partial charge < -0.3 is 4.90 Å². The molecule has 0 amide bonds. The van der Waals surface area contributed by atoms with E-state index in [1.165, 1.54) is 0 Å². The third kappa shape index (κ3) is 3.18. The molecule has 0 bridgehead atoms. The highest BCUT2D eigenvalue weighted by Crippen LogP contribution is 2.30. The Bertz CT molecular complexity index is 400. The quantitative estimate of drug-likeness (QED) is 0.785. The molecule has 0 aliphatic carbocycles. The van der Waals surface area contributed by atoms with Crippen molar-refractivity contribution < 1.29 is 8.42 Å². The fourth-order valence-electron chi connectivity index (χ4n) is 3.42. The summed E-state index contributed by atoms with van der Waals surface area (Å²) in [4.78, 5) is 2.18. The lowest BCUT2D eigenvalue weighted by Gasteiger charge is -2.30. The lowest BCUT2D eigenvalue weighted by Crippen LogP contribution is -2.46. The Morgan fingerprint density at radius 1 is 1.00 bits per heavy atom. The normalized spacial score (nSPS) is 30.5. The van der Waals surface area contributed by atoms with Crippen molar-refractivity contribution in [1.82, 2.24) is 13.5 Å². The largest absolute Gasteiger partial charge is 0.305 e. The fraction of sp³-hybridized carbons (Fsp3) is 1.00. The molecule has 5 nitrogen and oxygen atoms in total. The van der Waals surface area contributed by atoms with Crippen molar-refractivity contribution in [2.75, 3.05) is 40.3 Å². The number of likely N-dealkylation sites (N-methyl/N-ethyl adjacent to an activating group) is 1. The first-order valence-electron chi connectivity index (χ1n) is 7.75. The summed E-state index contributed by atoms with van der Waals surface area (Å²) in [5.41, 5.74) is 0. The smallest absolute Gasteiger partial charge is 0.282 e. The molecule has 0 radical (unpaired) electrons. The summed E-state index contributed by atoms with van der Waals surface area (Å²) in [6.07, 6.45) is 3.15. The zero-order valence-electron chi connectivity index (χ0n) is 13.2. The lowest BCUT2D eigenvalue weighted by atomic mass is 9.91. The summed E-state index contributed by atoms with van der Waals surface area (Å²) in [7, 11) is 0.851. The summed E-state index contributed by atoms with van der Waals surface area (Å²) in [6.45, 7) is 7.07. The summed E-state index contributed by atoms with van der Waals surface area (Å²) in [5.74, 6) is 0.925. The topological polar surface area (TPSA) is 43.9 Å². The molecule has 0 aromatic rings. The molecule has 2 fully saturated rings. The van der Waals surface area contributed by atoms with Gasteiger partial charge in [-0.15, -0.1) is 0 Å². The molecule has 0 unspecified atom stereocenters. The van der Waals surface area contributed by atoms with Gasteiger partial charge in [0.25, 0.3) is 10.2 Å². The molecule has 0 aromatic heterocycles. The average Bonchev–Trinajstić information content (AvgIpc) is 2.85. The van der Waals surface area contributed by atoms with Gasteiger partial charge in [-0.05, 0) is 38.8 Å². The first kappa shape index (κ1) is 16.2. The van der Waals surface area contributed by atoms with Crippen LogP contribution < -0.4 is 0 Å². The van der Waals surface area contributed by atoms with Crippen LogP contribution in [0.4, 0.5) is 0 Å². The Morgan fingerprint density at radius 3 is 2.05 bits per heavy atom. The van der Waals surface area contributed by atoms with Gasteiger partial charge in [0.1, 0.15) is 0 Å². The van der Waals surface area contributed by atoms with Crippen LogP contribution in [0.2, 0.25) is 0 Å². The van der Waals surface area contributed by atoms with Crippen molar-refractivity contribution in [2.24, 2.45) is 11.8 Å². The summed E-state index contributed by atoms with van der Waals surface area (Å²) >= 11 is 0. The van der Waals surface area contributed by atoms with Gasteiger partial charge >= 0.3 is 0 Å². The van der Waals surface area contributed by atoms with E-state index in [2.05, 4.69) is 32.8 Å². The van der Waals surface area contributed by atoms with Crippen LogP contribution in [0.1, 0.15) is 33.1 Å². The number of hydrogen-bond acceptors (Lipinski definition) is 3. The highest BCUT2D eigenvalue weighted by molar-refractivity contribution is 7.86. The van der Waals surface area contributed by atoms with E-state index in [0.29, 0.717) is 44.1 Å². The van der Waals surface area contributed by atoms with E-state index in [1.54, 1.807) is 8.61 Å². The highest BCUT2D eigenvalue weighted by Gasteiger charge is 2.43. The standard InChI is InChI=1S/C14H29N3O2S/c1-12(2)13-10-17(11-14(13)15(3)4)20(18,19)16-8-6-5-7-9-16/h12-14H,5-11H2,1-4H3/t13-,14+/m0/s1. The maximum atomic E-state index is 12.8. The second kappa shape index (κ2) is 6.30. The highest BCUT2D eigenvalue weighted by atomic mass is 32.2. The Kier molecular flexibility index (Phi) is 5.10. The third-order valence-corrected chi connectivity index (χ3v) is 6.76. The zero-order chi connectivity index (χ0) is 14.9. The molecule has 2 aliphatic heterocycles. The minimum atomic E-state index is -3.25. The Hall–Kier alpha value is -0.170. The molecule has 2 rings (SSSR count). The zero-order valence-corrected chi connectivity index (χ0v) is 14.1. The molecule has 20 heavy (non-hydrogen) atoms. The number of nitrogens with zero attached hydrogens (tertiary/aromatic N) is 3. The molecule has 2 aliphatic rings. The van der Waals surface area contributed by atoms with Gasteiger partial charge in [0, 0.05) is 32.2 Å². The van der Waals surface area contributed by atoms with Crippen LogP contribution in [-0.2, 0) is 10.2 Å². The summed E-state index contributed by atoms with van der Waals surface area (Å²) < 4.78 is 28.9. The Morgan fingerprint density at radius 2 is 1.60 bits per heavy atom. The number of rotatable bonds is 4. The van der Waals surface area contributed by atoms with Crippen LogP contribution in [0.25, 0.3) is 0 Å². The van der Waals surface area contributed by atoms with E-state index in [0.717, 1.165) is 19.3 Å². The van der Waals surface area contributed by atoms with Crippen molar-refractivity contribution in [3.63, 3.8) is 0 Å². The van der Waals surface area contributed by atoms with Crippen LogP contribution in [0.15, 0.2) is 0 Å². The van der Waals surface area contributed by atoms with Gasteiger partial charge in [-0.25, -0.2) is 0 Å². The Balaban J connectivity index is 2.13. The molecule has 2 heterocycles. The second-order valence-corrected chi connectivity index (χ2v) is 8.65. The van der Waals surface area contributed by atoms with Crippen molar-refractivity contribution in [1.29, 1.82) is 0 Å². The molecule has 0 N–H and O–H groups in total. The maximum absolute atomic E-state index is 12.8. The predicted molar refractivity (Wildman–Crippen MR) is 81.7 cm³/mol. The van der Waals surface area contributed by atoms with Gasteiger partial charge in [-0.1, -0.05) is 20.3 Å².